The van der Waals surface area contributed by atoms with Crippen LogP contribution in [0.15, 0.2) is 54.7 Å². The van der Waals surface area contributed by atoms with Gasteiger partial charge in [0.15, 0.2) is 0 Å². The number of anilines is 2. The molecule has 1 aromatic carbocycles. The molecule has 0 aliphatic heterocycles. The predicted octanol–water partition coefficient (Wildman–Crippen LogP) is 3.25. The van der Waals surface area contributed by atoms with E-state index in [0.29, 0.717) is 30.5 Å². The first-order valence-electron chi connectivity index (χ1n) is 8.67. The molecule has 0 unspecified atom stereocenters. The molecular formula is C20H21N5O2. The fourth-order valence-corrected chi connectivity index (χ4v) is 2.46. The second-order valence-corrected chi connectivity index (χ2v) is 5.77. The summed E-state index contributed by atoms with van der Waals surface area (Å²) in [6.45, 7) is 4.65. The number of nitrogens with one attached hydrogen (secondary N) is 2. The fourth-order valence-electron chi connectivity index (χ4n) is 2.46. The van der Waals surface area contributed by atoms with Gasteiger partial charge in [-0.2, -0.15) is 0 Å². The van der Waals surface area contributed by atoms with Crippen LogP contribution in [0.3, 0.4) is 0 Å². The lowest BCUT2D eigenvalue weighted by Gasteiger charge is -2.10. The molecule has 0 aliphatic carbocycles. The Morgan fingerprint density at radius 2 is 1.93 bits per heavy atom. The second kappa shape index (κ2) is 8.75. The Hall–Kier alpha value is -3.48. The number of amides is 1. The fraction of sp³-hybridized carbons (Fsp3) is 0.200. The average Bonchev–Trinajstić information content (AvgIpc) is 2.68. The Bertz CT molecular complexity index is 898. The lowest BCUT2D eigenvalue weighted by molar-refractivity contribution is 0.0945. The summed E-state index contributed by atoms with van der Waals surface area (Å²) < 4.78 is 5.43. The number of ether oxygens (including phenoxy) is 1. The number of aromatic nitrogens is 3. The molecule has 0 aliphatic rings. The molecule has 0 fully saturated rings. The van der Waals surface area contributed by atoms with E-state index in [-0.39, 0.29) is 5.91 Å². The van der Waals surface area contributed by atoms with Crippen LogP contribution in [0.25, 0.3) is 0 Å². The maximum absolute atomic E-state index is 12.4. The molecule has 0 atom stereocenters. The van der Waals surface area contributed by atoms with Gasteiger partial charge in [-0.25, -0.2) is 9.97 Å². The van der Waals surface area contributed by atoms with Crippen molar-refractivity contribution < 1.29 is 9.53 Å². The van der Waals surface area contributed by atoms with Crippen molar-refractivity contribution in [3.63, 3.8) is 0 Å². The molecule has 7 nitrogen and oxygen atoms in total. The zero-order valence-corrected chi connectivity index (χ0v) is 15.3. The topological polar surface area (TPSA) is 89.0 Å². The summed E-state index contributed by atoms with van der Waals surface area (Å²) in [6.07, 6.45) is 1.69. The van der Waals surface area contributed by atoms with Crippen LogP contribution in [0.5, 0.6) is 5.75 Å². The van der Waals surface area contributed by atoms with Crippen LogP contribution in [0, 0.1) is 6.92 Å². The molecule has 1 amide bonds. The van der Waals surface area contributed by atoms with Crippen LogP contribution in [-0.2, 0) is 6.54 Å². The number of hydrogen-bond acceptors (Lipinski definition) is 6. The van der Waals surface area contributed by atoms with E-state index < -0.39 is 0 Å². The van der Waals surface area contributed by atoms with Crippen LogP contribution >= 0.6 is 0 Å². The number of nitrogens with zero attached hydrogens (tertiary/aromatic N) is 3. The normalized spacial score (nSPS) is 10.3. The number of hydrogen-bond donors (Lipinski definition) is 2. The molecule has 0 saturated heterocycles. The minimum atomic E-state index is -0.277. The first-order chi connectivity index (χ1) is 13.1. The number of pyridine rings is 1. The highest BCUT2D eigenvalue weighted by atomic mass is 16.5. The molecule has 0 bridgehead atoms. The zero-order valence-electron chi connectivity index (χ0n) is 15.3. The molecule has 0 saturated carbocycles. The van der Waals surface area contributed by atoms with Crippen molar-refractivity contribution in [3.8, 4) is 5.75 Å². The smallest absolute Gasteiger partial charge is 0.270 e. The van der Waals surface area contributed by atoms with Gasteiger partial charge in [-0.05, 0) is 50.2 Å². The Morgan fingerprint density at radius 1 is 1.11 bits per heavy atom. The molecule has 3 rings (SSSR count). The third-order valence-electron chi connectivity index (χ3n) is 3.66. The highest BCUT2D eigenvalue weighted by molar-refractivity contribution is 5.93. The average molecular weight is 363 g/mol. The number of carbonyl (C=O) groups is 1. The molecule has 27 heavy (non-hydrogen) atoms. The number of benzene rings is 1. The molecule has 2 N–H and O–H groups in total. The number of carbonyl (C=O) groups excluding carboxylic acids is 1. The van der Waals surface area contributed by atoms with Gasteiger partial charge < -0.3 is 15.4 Å². The summed E-state index contributed by atoms with van der Waals surface area (Å²) in [5.74, 6) is 1.58. The summed E-state index contributed by atoms with van der Waals surface area (Å²) in [5, 5.41) is 6.00. The minimum Gasteiger partial charge on any atom is -0.494 e. The van der Waals surface area contributed by atoms with Crippen molar-refractivity contribution in [2.75, 3.05) is 11.9 Å². The van der Waals surface area contributed by atoms with Gasteiger partial charge in [-0.1, -0.05) is 6.07 Å². The first-order valence-corrected chi connectivity index (χ1v) is 8.67. The van der Waals surface area contributed by atoms with Gasteiger partial charge in [-0.3, -0.25) is 9.78 Å². The predicted molar refractivity (Wildman–Crippen MR) is 103 cm³/mol. The van der Waals surface area contributed by atoms with Gasteiger partial charge in [0.1, 0.15) is 23.1 Å². The summed E-state index contributed by atoms with van der Waals surface area (Å²) >= 11 is 0. The third kappa shape index (κ3) is 5.24. The molecular weight excluding hydrogens is 342 g/mol. The summed E-state index contributed by atoms with van der Waals surface area (Å²) in [7, 11) is 0. The van der Waals surface area contributed by atoms with Crippen molar-refractivity contribution in [1.29, 1.82) is 0 Å². The minimum absolute atomic E-state index is 0.277. The number of aryl methyl sites for hydroxylation is 1. The van der Waals surface area contributed by atoms with Gasteiger partial charge in [0.2, 0.25) is 0 Å². The van der Waals surface area contributed by atoms with Gasteiger partial charge in [-0.15, -0.1) is 0 Å². The number of rotatable bonds is 7. The van der Waals surface area contributed by atoms with E-state index in [1.54, 1.807) is 19.2 Å². The zero-order chi connectivity index (χ0) is 19.1. The maximum atomic E-state index is 12.4. The van der Waals surface area contributed by atoms with E-state index in [1.165, 1.54) is 0 Å². The van der Waals surface area contributed by atoms with Gasteiger partial charge in [0.25, 0.3) is 5.91 Å². The van der Waals surface area contributed by atoms with E-state index in [2.05, 4.69) is 25.6 Å². The largest absolute Gasteiger partial charge is 0.494 e. The van der Waals surface area contributed by atoms with Crippen LogP contribution in [0.1, 0.15) is 28.9 Å². The SMILES string of the molecule is CCOc1ccc(Nc2cc(C(=O)NCc3ccccn3)nc(C)n2)cc1. The summed E-state index contributed by atoms with van der Waals surface area (Å²) in [5.41, 5.74) is 1.92. The third-order valence-corrected chi connectivity index (χ3v) is 3.66. The van der Waals surface area contributed by atoms with Crippen molar-refractivity contribution in [2.24, 2.45) is 0 Å². The van der Waals surface area contributed by atoms with E-state index in [4.69, 9.17) is 4.74 Å². The molecule has 2 aromatic heterocycles. The second-order valence-electron chi connectivity index (χ2n) is 5.77. The highest BCUT2D eigenvalue weighted by Gasteiger charge is 2.11. The maximum Gasteiger partial charge on any atom is 0.270 e. The Balaban J connectivity index is 1.68. The van der Waals surface area contributed by atoms with Crippen LogP contribution in [0.4, 0.5) is 11.5 Å². The van der Waals surface area contributed by atoms with Crippen molar-refractivity contribution in [3.05, 3.63) is 71.9 Å². The van der Waals surface area contributed by atoms with Crippen molar-refractivity contribution in [2.45, 2.75) is 20.4 Å². The Morgan fingerprint density at radius 3 is 2.63 bits per heavy atom. The Kier molecular flexibility index (Phi) is 5.94. The van der Waals surface area contributed by atoms with Gasteiger partial charge in [0, 0.05) is 18.0 Å². The van der Waals surface area contributed by atoms with E-state index >= 15 is 0 Å². The summed E-state index contributed by atoms with van der Waals surface area (Å²) in [6, 6.07) is 14.7. The molecule has 0 radical (unpaired) electrons. The monoisotopic (exact) mass is 363 g/mol. The quantitative estimate of drug-likeness (QED) is 0.670. The van der Waals surface area contributed by atoms with Gasteiger partial charge >= 0.3 is 0 Å². The molecule has 138 valence electrons. The lowest BCUT2D eigenvalue weighted by atomic mass is 10.3. The van der Waals surface area contributed by atoms with Crippen LogP contribution in [0.2, 0.25) is 0 Å². The van der Waals surface area contributed by atoms with Crippen LogP contribution in [-0.4, -0.2) is 27.5 Å². The molecule has 7 heteroatoms. The molecule has 2 heterocycles. The van der Waals surface area contributed by atoms with Crippen molar-refractivity contribution >= 4 is 17.4 Å². The van der Waals surface area contributed by atoms with Crippen molar-refractivity contribution in [1.82, 2.24) is 20.3 Å². The molecule has 0 spiro atoms. The first kappa shape index (κ1) is 18.3. The van der Waals surface area contributed by atoms with E-state index in [9.17, 15) is 4.79 Å². The highest BCUT2D eigenvalue weighted by Crippen LogP contribution is 2.19. The lowest BCUT2D eigenvalue weighted by Crippen LogP contribution is -2.24. The standard InChI is InChI=1S/C20H21N5O2/c1-3-27-17-9-7-15(8-10-17)25-19-12-18(23-14(2)24-19)20(26)22-13-16-6-4-5-11-21-16/h4-12H,3,13H2,1-2H3,(H,22,26)(H,23,24,25). The molecule has 3 aromatic rings. The Labute approximate surface area is 157 Å². The van der Waals surface area contributed by atoms with E-state index in [1.807, 2.05) is 49.4 Å². The van der Waals surface area contributed by atoms with Gasteiger partial charge in [0.05, 0.1) is 18.8 Å². The van der Waals surface area contributed by atoms with E-state index in [0.717, 1.165) is 17.1 Å². The van der Waals surface area contributed by atoms with Crippen LogP contribution < -0.4 is 15.4 Å². The summed E-state index contributed by atoms with van der Waals surface area (Å²) in [4.78, 5) is 25.2.